The van der Waals surface area contributed by atoms with E-state index in [0.717, 1.165) is 5.56 Å². The lowest BCUT2D eigenvalue weighted by Gasteiger charge is -2.12. The Balaban J connectivity index is 2.12. The van der Waals surface area contributed by atoms with Crippen molar-refractivity contribution in [2.24, 2.45) is 5.73 Å². The number of phenolic OH excluding ortho intramolecular Hbond substituents is 1. The predicted octanol–water partition coefficient (Wildman–Crippen LogP) is 2.26. The van der Waals surface area contributed by atoms with Gasteiger partial charge in [0.15, 0.2) is 11.5 Å². The molecule has 5 heteroatoms. The maximum absolute atomic E-state index is 9.21. The van der Waals surface area contributed by atoms with E-state index >= 15 is 0 Å². The van der Waals surface area contributed by atoms with E-state index < -0.39 is 0 Å². The molecule has 0 aliphatic carbocycles. The summed E-state index contributed by atoms with van der Waals surface area (Å²) in [5, 5.41) is 16.6. The van der Waals surface area contributed by atoms with Crippen molar-refractivity contribution in [1.82, 2.24) is 0 Å². The zero-order chi connectivity index (χ0) is 14.5. The molecule has 0 atom stereocenters. The molecule has 0 aliphatic heterocycles. The first-order valence-corrected chi connectivity index (χ1v) is 6.03. The number of rotatable bonds is 5. The Bertz CT molecular complexity index is 609. The van der Waals surface area contributed by atoms with E-state index in [4.69, 9.17) is 20.6 Å². The summed E-state index contributed by atoms with van der Waals surface area (Å²) in [6, 6.07) is 11.9. The predicted molar refractivity (Wildman–Crippen MR) is 76.4 cm³/mol. The zero-order valence-corrected chi connectivity index (χ0v) is 11.1. The van der Waals surface area contributed by atoms with Crippen LogP contribution in [0.4, 0.5) is 0 Å². The van der Waals surface area contributed by atoms with Crippen molar-refractivity contribution in [2.75, 3.05) is 7.11 Å². The van der Waals surface area contributed by atoms with Crippen LogP contribution in [-0.4, -0.2) is 18.1 Å². The van der Waals surface area contributed by atoms with Gasteiger partial charge in [-0.2, -0.15) is 0 Å². The van der Waals surface area contributed by atoms with Crippen LogP contribution in [0.15, 0.2) is 42.5 Å². The molecule has 0 spiro atoms. The molecule has 2 rings (SSSR count). The Morgan fingerprint density at radius 2 is 1.85 bits per heavy atom. The molecule has 0 radical (unpaired) electrons. The van der Waals surface area contributed by atoms with Crippen molar-refractivity contribution in [3.8, 4) is 17.2 Å². The molecule has 0 fully saturated rings. The first-order valence-electron chi connectivity index (χ1n) is 6.03. The maximum atomic E-state index is 9.21. The minimum Gasteiger partial charge on any atom is -0.508 e. The van der Waals surface area contributed by atoms with Crippen molar-refractivity contribution >= 4 is 5.84 Å². The van der Waals surface area contributed by atoms with Gasteiger partial charge in [0.2, 0.25) is 0 Å². The first-order chi connectivity index (χ1) is 9.60. The molecule has 20 heavy (non-hydrogen) atoms. The fourth-order valence-corrected chi connectivity index (χ4v) is 1.71. The summed E-state index contributed by atoms with van der Waals surface area (Å²) in [4.78, 5) is 0. The van der Waals surface area contributed by atoms with Crippen LogP contribution in [0.25, 0.3) is 0 Å². The molecule has 0 heterocycles. The van der Waals surface area contributed by atoms with Crippen LogP contribution in [0, 0.1) is 5.41 Å². The molecule has 2 aromatic rings. The molecular weight excluding hydrogens is 256 g/mol. The number of nitrogen functional groups attached to an aromatic ring is 1. The van der Waals surface area contributed by atoms with Gasteiger partial charge in [-0.25, -0.2) is 0 Å². The van der Waals surface area contributed by atoms with Crippen LogP contribution in [0.3, 0.4) is 0 Å². The number of methoxy groups -OCH3 is 1. The van der Waals surface area contributed by atoms with E-state index in [0.29, 0.717) is 23.7 Å². The van der Waals surface area contributed by atoms with E-state index in [2.05, 4.69) is 0 Å². The standard InChI is InChI=1S/C15H16N2O3/c1-19-14-8-11(15(16)17)4-7-13(14)20-9-10-2-5-12(18)6-3-10/h2-8,18H,9H2,1H3,(H3,16,17). The Kier molecular flexibility index (Phi) is 4.10. The zero-order valence-electron chi connectivity index (χ0n) is 11.1. The van der Waals surface area contributed by atoms with Gasteiger partial charge in [-0.1, -0.05) is 12.1 Å². The lowest BCUT2D eigenvalue weighted by atomic mass is 10.2. The smallest absolute Gasteiger partial charge is 0.161 e. The normalized spacial score (nSPS) is 10.1. The van der Waals surface area contributed by atoms with Gasteiger partial charge in [-0.05, 0) is 35.9 Å². The highest BCUT2D eigenvalue weighted by Crippen LogP contribution is 2.28. The van der Waals surface area contributed by atoms with Gasteiger partial charge in [0.25, 0.3) is 0 Å². The van der Waals surface area contributed by atoms with Crippen LogP contribution < -0.4 is 15.2 Å². The summed E-state index contributed by atoms with van der Waals surface area (Å²) in [7, 11) is 1.53. The number of hydrogen-bond acceptors (Lipinski definition) is 4. The highest BCUT2D eigenvalue weighted by molar-refractivity contribution is 5.95. The van der Waals surface area contributed by atoms with Gasteiger partial charge < -0.3 is 20.3 Å². The topological polar surface area (TPSA) is 88.6 Å². The molecule has 0 aromatic heterocycles. The molecule has 104 valence electrons. The second kappa shape index (κ2) is 5.97. The molecule has 0 aliphatic rings. The number of benzene rings is 2. The quantitative estimate of drug-likeness (QED) is 0.575. The van der Waals surface area contributed by atoms with Crippen LogP contribution in [-0.2, 0) is 6.61 Å². The molecule has 0 saturated heterocycles. The van der Waals surface area contributed by atoms with Gasteiger partial charge in [0.1, 0.15) is 18.2 Å². The van der Waals surface area contributed by atoms with Crippen LogP contribution in [0.2, 0.25) is 0 Å². The number of nitrogens with one attached hydrogen (secondary N) is 1. The van der Waals surface area contributed by atoms with E-state index in [-0.39, 0.29) is 11.6 Å². The molecule has 0 saturated carbocycles. The van der Waals surface area contributed by atoms with E-state index in [1.54, 1.807) is 42.5 Å². The summed E-state index contributed by atoms with van der Waals surface area (Å²) in [5.74, 6) is 1.30. The number of nitrogens with two attached hydrogens (primary N) is 1. The lowest BCUT2D eigenvalue weighted by Crippen LogP contribution is -2.11. The molecule has 0 bridgehead atoms. The van der Waals surface area contributed by atoms with Gasteiger partial charge in [-0.15, -0.1) is 0 Å². The maximum Gasteiger partial charge on any atom is 0.161 e. The second-order valence-corrected chi connectivity index (χ2v) is 4.23. The number of hydrogen-bond donors (Lipinski definition) is 3. The minimum absolute atomic E-state index is 0.0200. The third-order valence-electron chi connectivity index (χ3n) is 2.81. The number of amidine groups is 1. The van der Waals surface area contributed by atoms with Crippen molar-refractivity contribution in [3.63, 3.8) is 0 Å². The van der Waals surface area contributed by atoms with Gasteiger partial charge in [-0.3, -0.25) is 5.41 Å². The molecular formula is C15H16N2O3. The summed E-state index contributed by atoms with van der Waals surface area (Å²) < 4.78 is 10.9. The first kappa shape index (κ1) is 13.7. The molecule has 2 aromatic carbocycles. The third kappa shape index (κ3) is 3.20. The second-order valence-electron chi connectivity index (χ2n) is 4.23. The number of ether oxygens (including phenoxy) is 2. The largest absolute Gasteiger partial charge is 0.508 e. The van der Waals surface area contributed by atoms with Crippen LogP contribution >= 0.6 is 0 Å². The Labute approximate surface area is 117 Å². The third-order valence-corrected chi connectivity index (χ3v) is 2.81. The van der Waals surface area contributed by atoms with Crippen molar-refractivity contribution in [2.45, 2.75) is 6.61 Å². The fraction of sp³-hybridized carbons (Fsp3) is 0.133. The minimum atomic E-state index is -0.0200. The van der Waals surface area contributed by atoms with Gasteiger partial charge in [0, 0.05) is 5.56 Å². The SMILES string of the molecule is COc1cc(C(=N)N)ccc1OCc1ccc(O)cc1. The lowest BCUT2D eigenvalue weighted by molar-refractivity contribution is 0.284. The van der Waals surface area contributed by atoms with E-state index in [1.165, 1.54) is 7.11 Å². The fourth-order valence-electron chi connectivity index (χ4n) is 1.71. The Morgan fingerprint density at radius 1 is 1.15 bits per heavy atom. The van der Waals surface area contributed by atoms with Crippen molar-refractivity contribution in [3.05, 3.63) is 53.6 Å². The Hall–Kier alpha value is -2.69. The Morgan fingerprint density at radius 3 is 2.45 bits per heavy atom. The number of phenols is 1. The number of aromatic hydroxyl groups is 1. The summed E-state index contributed by atoms with van der Waals surface area (Å²) in [6.45, 7) is 0.357. The average molecular weight is 272 g/mol. The van der Waals surface area contributed by atoms with Gasteiger partial charge in [0.05, 0.1) is 7.11 Å². The summed E-state index contributed by atoms with van der Waals surface area (Å²) in [6.07, 6.45) is 0. The average Bonchev–Trinajstić information content (AvgIpc) is 2.46. The summed E-state index contributed by atoms with van der Waals surface area (Å²) >= 11 is 0. The molecule has 4 N–H and O–H groups in total. The van der Waals surface area contributed by atoms with Crippen LogP contribution in [0.1, 0.15) is 11.1 Å². The highest BCUT2D eigenvalue weighted by Gasteiger charge is 2.07. The molecule has 0 amide bonds. The van der Waals surface area contributed by atoms with Crippen molar-refractivity contribution < 1.29 is 14.6 Å². The summed E-state index contributed by atoms with van der Waals surface area (Å²) in [5.41, 5.74) is 6.94. The monoisotopic (exact) mass is 272 g/mol. The van der Waals surface area contributed by atoms with Crippen molar-refractivity contribution in [1.29, 1.82) is 5.41 Å². The van der Waals surface area contributed by atoms with Crippen LogP contribution in [0.5, 0.6) is 17.2 Å². The highest BCUT2D eigenvalue weighted by atomic mass is 16.5. The van der Waals surface area contributed by atoms with E-state index in [1.807, 2.05) is 0 Å². The van der Waals surface area contributed by atoms with Gasteiger partial charge >= 0.3 is 0 Å². The molecule has 0 unspecified atom stereocenters. The molecule has 5 nitrogen and oxygen atoms in total. The van der Waals surface area contributed by atoms with E-state index in [9.17, 15) is 5.11 Å².